The van der Waals surface area contributed by atoms with Crippen molar-refractivity contribution in [2.45, 2.75) is 25.5 Å². The van der Waals surface area contributed by atoms with Crippen LogP contribution in [0, 0.1) is 11.3 Å². The summed E-state index contributed by atoms with van der Waals surface area (Å²) < 4.78 is 5.23. The van der Waals surface area contributed by atoms with E-state index in [1.54, 1.807) is 0 Å². The quantitative estimate of drug-likeness (QED) is 0.796. The van der Waals surface area contributed by atoms with Crippen molar-refractivity contribution in [1.29, 1.82) is 5.26 Å². The molecule has 0 N–H and O–H groups in total. The topological polar surface area (TPSA) is 70.4 Å². The molecule has 1 fully saturated rings. The molecule has 0 radical (unpaired) electrons. The highest BCUT2D eigenvalue weighted by atomic mass is 16.6. The van der Waals surface area contributed by atoms with E-state index in [1.807, 2.05) is 36.4 Å². The summed E-state index contributed by atoms with van der Waals surface area (Å²) in [5.41, 5.74) is 1.67. The second-order valence-electron chi connectivity index (χ2n) is 4.94. The Labute approximate surface area is 123 Å². The van der Waals surface area contributed by atoms with Crippen molar-refractivity contribution in [1.82, 2.24) is 4.90 Å². The van der Waals surface area contributed by atoms with Gasteiger partial charge in [0, 0.05) is 6.54 Å². The smallest absolute Gasteiger partial charge is 0.411 e. The number of carbonyl (C=O) groups is 2. The van der Waals surface area contributed by atoms with Crippen molar-refractivity contribution >= 4 is 11.9 Å². The summed E-state index contributed by atoms with van der Waals surface area (Å²) in [6, 6.07) is 10.5. The van der Waals surface area contributed by atoms with Gasteiger partial charge in [0.1, 0.15) is 6.61 Å². The van der Waals surface area contributed by atoms with Crippen molar-refractivity contribution in [2.24, 2.45) is 0 Å². The number of Topliss-reactive ketones (excluding diaryl/α,β-unsaturated/α-hetero) is 1. The molecule has 108 valence electrons. The molecule has 5 heteroatoms. The highest BCUT2D eigenvalue weighted by Gasteiger charge is 2.36. The number of hydrogen-bond acceptors (Lipinski definition) is 4. The molecular weight excluding hydrogens is 268 g/mol. The van der Waals surface area contributed by atoms with E-state index in [0.717, 1.165) is 11.1 Å². The van der Waals surface area contributed by atoms with Gasteiger partial charge in [0.2, 0.25) is 0 Å². The minimum Gasteiger partial charge on any atom is -0.445 e. The lowest BCUT2D eigenvalue weighted by Gasteiger charge is -2.21. The highest BCUT2D eigenvalue weighted by molar-refractivity contribution is 5.90. The van der Waals surface area contributed by atoms with Gasteiger partial charge >= 0.3 is 6.09 Å². The van der Waals surface area contributed by atoms with Gasteiger partial charge in [-0.15, -0.1) is 0 Å². The van der Waals surface area contributed by atoms with Crippen LogP contribution >= 0.6 is 0 Å². The third-order valence-electron chi connectivity index (χ3n) is 3.32. The number of ether oxygens (including phenoxy) is 1. The van der Waals surface area contributed by atoms with Crippen molar-refractivity contribution in [2.75, 3.05) is 6.54 Å². The first-order valence-corrected chi connectivity index (χ1v) is 6.65. The molecule has 1 aliphatic heterocycles. The van der Waals surface area contributed by atoms with Gasteiger partial charge in [0.15, 0.2) is 5.78 Å². The first-order valence-electron chi connectivity index (χ1n) is 6.65. The molecule has 0 aromatic heterocycles. The summed E-state index contributed by atoms with van der Waals surface area (Å²) in [4.78, 5) is 25.3. The van der Waals surface area contributed by atoms with Crippen LogP contribution in [0.4, 0.5) is 4.79 Å². The van der Waals surface area contributed by atoms with Crippen LogP contribution < -0.4 is 0 Å². The maximum atomic E-state index is 12.1. The van der Waals surface area contributed by atoms with Gasteiger partial charge in [-0.3, -0.25) is 9.69 Å². The lowest BCUT2D eigenvalue weighted by atomic mass is 10.1. The van der Waals surface area contributed by atoms with Gasteiger partial charge in [-0.1, -0.05) is 42.5 Å². The van der Waals surface area contributed by atoms with E-state index < -0.39 is 12.1 Å². The molecule has 21 heavy (non-hydrogen) atoms. The number of likely N-dealkylation sites (tertiary alicyclic amines) is 1. The maximum absolute atomic E-state index is 12.1. The minimum atomic E-state index is -0.625. The van der Waals surface area contributed by atoms with E-state index in [-0.39, 0.29) is 18.8 Å². The Morgan fingerprint density at radius 3 is 2.76 bits per heavy atom. The van der Waals surface area contributed by atoms with Crippen LogP contribution in [0.15, 0.2) is 42.5 Å². The SMILES string of the molecule is C=C1C[C@@H](C(=O)CC#N)N(C(=O)OCc2ccccc2)C1. The van der Waals surface area contributed by atoms with E-state index in [2.05, 4.69) is 6.58 Å². The maximum Gasteiger partial charge on any atom is 0.411 e. The highest BCUT2D eigenvalue weighted by Crippen LogP contribution is 2.24. The zero-order valence-corrected chi connectivity index (χ0v) is 11.6. The number of hydrogen-bond donors (Lipinski definition) is 0. The van der Waals surface area contributed by atoms with Gasteiger partial charge in [0.05, 0.1) is 18.5 Å². The molecular formula is C16H16N2O3. The second kappa shape index (κ2) is 6.71. The van der Waals surface area contributed by atoms with Crippen LogP contribution in [0.5, 0.6) is 0 Å². The predicted molar refractivity (Wildman–Crippen MR) is 76.1 cm³/mol. The summed E-state index contributed by atoms with van der Waals surface area (Å²) in [6.07, 6.45) is -0.352. The molecule has 1 amide bonds. The third kappa shape index (κ3) is 3.69. The number of carbonyl (C=O) groups excluding carboxylic acids is 2. The third-order valence-corrected chi connectivity index (χ3v) is 3.32. The Morgan fingerprint density at radius 1 is 1.38 bits per heavy atom. The molecule has 1 atom stereocenters. The normalized spacial score (nSPS) is 17.4. The fraction of sp³-hybridized carbons (Fsp3) is 0.312. The molecule has 1 aromatic rings. The monoisotopic (exact) mass is 284 g/mol. The van der Waals surface area contributed by atoms with Crippen molar-refractivity contribution < 1.29 is 14.3 Å². The zero-order valence-electron chi connectivity index (χ0n) is 11.6. The minimum absolute atomic E-state index is 0.155. The molecule has 2 rings (SSSR count). The van der Waals surface area contributed by atoms with Crippen LogP contribution in [0.3, 0.4) is 0 Å². The molecule has 5 nitrogen and oxygen atoms in total. The molecule has 0 unspecified atom stereocenters. The number of rotatable bonds is 4. The number of amides is 1. The van der Waals surface area contributed by atoms with E-state index >= 15 is 0 Å². The number of nitriles is 1. The molecule has 1 heterocycles. The molecule has 1 aliphatic rings. The largest absolute Gasteiger partial charge is 0.445 e. The Hall–Kier alpha value is -2.61. The summed E-state index contributed by atoms with van der Waals surface area (Å²) >= 11 is 0. The van der Waals surface area contributed by atoms with Gasteiger partial charge in [-0.05, 0) is 12.0 Å². The van der Waals surface area contributed by atoms with E-state index in [9.17, 15) is 9.59 Å². The van der Waals surface area contributed by atoms with Crippen LogP contribution in [0.1, 0.15) is 18.4 Å². The Morgan fingerprint density at radius 2 is 2.10 bits per heavy atom. The Balaban J connectivity index is 1.98. The predicted octanol–water partition coefficient (Wildman–Crippen LogP) is 2.44. The summed E-state index contributed by atoms with van der Waals surface area (Å²) in [7, 11) is 0. The number of nitrogens with zero attached hydrogens (tertiary/aromatic N) is 2. The first-order chi connectivity index (χ1) is 10.1. The van der Waals surface area contributed by atoms with Gasteiger partial charge in [-0.2, -0.15) is 5.26 Å². The zero-order chi connectivity index (χ0) is 15.2. The van der Waals surface area contributed by atoms with Gasteiger partial charge < -0.3 is 4.74 Å². The first kappa shape index (κ1) is 14.8. The standard InChI is InChI=1S/C16H16N2O3/c1-12-9-14(15(19)7-8-17)18(10-12)16(20)21-11-13-5-3-2-4-6-13/h2-6,14H,1,7,9-11H2/t14-/m0/s1. The molecule has 0 saturated carbocycles. The van der Waals surface area contributed by atoms with Gasteiger partial charge in [-0.25, -0.2) is 4.79 Å². The molecule has 0 bridgehead atoms. The second-order valence-corrected chi connectivity index (χ2v) is 4.94. The van der Waals surface area contributed by atoms with Crippen molar-refractivity contribution in [3.63, 3.8) is 0 Å². The average Bonchev–Trinajstić information content (AvgIpc) is 2.88. The van der Waals surface area contributed by atoms with E-state index in [0.29, 0.717) is 13.0 Å². The van der Waals surface area contributed by atoms with Crippen molar-refractivity contribution in [3.05, 3.63) is 48.0 Å². The molecule has 1 aromatic carbocycles. The van der Waals surface area contributed by atoms with Crippen LogP contribution in [0.25, 0.3) is 0 Å². The fourth-order valence-electron chi connectivity index (χ4n) is 2.28. The van der Waals surface area contributed by atoms with Crippen LogP contribution in [-0.2, 0) is 16.1 Å². The molecule has 0 aliphatic carbocycles. The lowest BCUT2D eigenvalue weighted by Crippen LogP contribution is -2.40. The number of ketones is 1. The van der Waals surface area contributed by atoms with E-state index in [1.165, 1.54) is 4.90 Å². The summed E-state index contributed by atoms with van der Waals surface area (Å²) in [5.74, 6) is -0.271. The van der Waals surface area contributed by atoms with Crippen LogP contribution in [0.2, 0.25) is 0 Å². The Kier molecular flexibility index (Phi) is 4.72. The molecule has 0 spiro atoms. The summed E-state index contributed by atoms with van der Waals surface area (Å²) in [6.45, 7) is 4.27. The average molecular weight is 284 g/mol. The fourth-order valence-corrected chi connectivity index (χ4v) is 2.28. The summed E-state index contributed by atoms with van der Waals surface area (Å²) in [5, 5.41) is 8.61. The van der Waals surface area contributed by atoms with Gasteiger partial charge in [0.25, 0.3) is 0 Å². The number of benzene rings is 1. The van der Waals surface area contributed by atoms with E-state index in [4.69, 9.17) is 10.00 Å². The Bertz CT molecular complexity index is 589. The van der Waals surface area contributed by atoms with Crippen molar-refractivity contribution in [3.8, 4) is 6.07 Å². The molecule has 1 saturated heterocycles. The lowest BCUT2D eigenvalue weighted by molar-refractivity contribution is -0.122. The van der Waals surface area contributed by atoms with Crippen LogP contribution in [-0.4, -0.2) is 29.4 Å².